The van der Waals surface area contributed by atoms with Crippen molar-refractivity contribution in [2.24, 2.45) is 0 Å². The van der Waals surface area contributed by atoms with Crippen LogP contribution in [-0.2, 0) is 5.41 Å². The second-order valence-corrected chi connectivity index (χ2v) is 4.22. The molecule has 0 aromatic heterocycles. The van der Waals surface area contributed by atoms with Crippen molar-refractivity contribution in [3.8, 4) is 0 Å². The van der Waals surface area contributed by atoms with Gasteiger partial charge in [-0.1, -0.05) is 42.5 Å². The van der Waals surface area contributed by atoms with Crippen molar-refractivity contribution >= 4 is 5.78 Å². The van der Waals surface area contributed by atoms with Crippen molar-refractivity contribution in [1.29, 1.82) is 0 Å². The number of allylic oxidation sites excluding steroid dienone is 4. The smallest absolute Gasteiger partial charge is 0.185 e. The molecule has 0 N–H and O–H groups in total. The maximum Gasteiger partial charge on any atom is 0.185 e. The Morgan fingerprint density at radius 2 is 2.00 bits per heavy atom. The molecular weight excluding hydrogens is 184 g/mol. The van der Waals surface area contributed by atoms with Gasteiger partial charge in [-0.15, -0.1) is 0 Å². The molecule has 0 fully saturated rings. The monoisotopic (exact) mass is 196 g/mol. The van der Waals surface area contributed by atoms with Gasteiger partial charge in [0.15, 0.2) is 5.78 Å². The molecule has 1 heteroatoms. The van der Waals surface area contributed by atoms with Crippen LogP contribution in [-0.4, -0.2) is 5.78 Å². The largest absolute Gasteiger partial charge is 0.289 e. The lowest BCUT2D eigenvalue weighted by Gasteiger charge is -2.29. The normalized spacial score (nSPS) is 27.3. The number of ketones is 1. The van der Waals surface area contributed by atoms with Gasteiger partial charge in [0, 0.05) is 11.0 Å². The van der Waals surface area contributed by atoms with E-state index in [0.29, 0.717) is 0 Å². The van der Waals surface area contributed by atoms with Crippen molar-refractivity contribution in [3.05, 3.63) is 59.7 Å². The molecule has 0 saturated carbocycles. The standard InChI is InChI=1S/C14H12O/c15-13-7-10-14(8-3-4-9-14)12-6-2-1-5-11(12)13/h1-3,5-8,10H,4,9H2. The highest BCUT2D eigenvalue weighted by atomic mass is 16.1. The van der Waals surface area contributed by atoms with Crippen LogP contribution in [0.4, 0.5) is 0 Å². The van der Waals surface area contributed by atoms with Gasteiger partial charge in [0.2, 0.25) is 0 Å². The molecule has 1 atom stereocenters. The minimum Gasteiger partial charge on any atom is -0.289 e. The fourth-order valence-electron chi connectivity index (χ4n) is 2.57. The van der Waals surface area contributed by atoms with Crippen molar-refractivity contribution in [2.75, 3.05) is 0 Å². The summed E-state index contributed by atoms with van der Waals surface area (Å²) in [4.78, 5) is 11.7. The zero-order valence-electron chi connectivity index (χ0n) is 8.44. The van der Waals surface area contributed by atoms with Gasteiger partial charge >= 0.3 is 0 Å². The van der Waals surface area contributed by atoms with Crippen LogP contribution in [0.2, 0.25) is 0 Å². The molecule has 74 valence electrons. The quantitative estimate of drug-likeness (QED) is 0.583. The molecule has 15 heavy (non-hydrogen) atoms. The van der Waals surface area contributed by atoms with Crippen LogP contribution in [0.25, 0.3) is 0 Å². The molecule has 0 bridgehead atoms. The summed E-state index contributed by atoms with van der Waals surface area (Å²) >= 11 is 0. The molecule has 1 nitrogen and oxygen atoms in total. The first-order valence-electron chi connectivity index (χ1n) is 5.33. The highest BCUT2D eigenvalue weighted by molar-refractivity contribution is 6.07. The summed E-state index contributed by atoms with van der Waals surface area (Å²) in [6.07, 6.45) is 10.4. The zero-order chi connectivity index (χ0) is 10.3. The molecule has 0 amide bonds. The van der Waals surface area contributed by atoms with E-state index in [4.69, 9.17) is 0 Å². The number of hydrogen-bond acceptors (Lipinski definition) is 1. The summed E-state index contributed by atoms with van der Waals surface area (Å²) < 4.78 is 0. The fraction of sp³-hybridized carbons (Fsp3) is 0.214. The van der Waals surface area contributed by atoms with Gasteiger partial charge in [0.25, 0.3) is 0 Å². The van der Waals surface area contributed by atoms with E-state index in [1.807, 2.05) is 18.2 Å². The van der Waals surface area contributed by atoms with Crippen LogP contribution < -0.4 is 0 Å². The molecule has 2 aliphatic rings. The van der Waals surface area contributed by atoms with Gasteiger partial charge in [-0.25, -0.2) is 0 Å². The van der Waals surface area contributed by atoms with Gasteiger partial charge in [0.1, 0.15) is 0 Å². The van der Waals surface area contributed by atoms with Crippen molar-refractivity contribution in [3.63, 3.8) is 0 Å². The molecule has 0 heterocycles. The number of carbonyl (C=O) groups is 1. The van der Waals surface area contributed by atoms with Crippen molar-refractivity contribution in [1.82, 2.24) is 0 Å². The molecule has 1 unspecified atom stereocenters. The highest BCUT2D eigenvalue weighted by Gasteiger charge is 2.34. The van der Waals surface area contributed by atoms with E-state index in [9.17, 15) is 4.79 Å². The Balaban J connectivity index is 2.26. The molecular formula is C14H12O. The Morgan fingerprint density at radius 3 is 2.80 bits per heavy atom. The first kappa shape index (κ1) is 8.66. The van der Waals surface area contributed by atoms with E-state index < -0.39 is 0 Å². The number of fused-ring (bicyclic) bond motifs is 2. The number of hydrogen-bond donors (Lipinski definition) is 0. The topological polar surface area (TPSA) is 17.1 Å². The molecule has 0 saturated heterocycles. The average molecular weight is 196 g/mol. The number of carbonyl (C=O) groups excluding carboxylic acids is 1. The maximum absolute atomic E-state index is 11.7. The van der Waals surface area contributed by atoms with E-state index in [-0.39, 0.29) is 11.2 Å². The van der Waals surface area contributed by atoms with Crippen LogP contribution in [0.15, 0.2) is 48.6 Å². The maximum atomic E-state index is 11.7. The first-order chi connectivity index (χ1) is 7.32. The predicted octanol–water partition coefficient (Wildman–Crippen LogP) is 3.03. The van der Waals surface area contributed by atoms with Gasteiger partial charge in [-0.2, -0.15) is 0 Å². The summed E-state index contributed by atoms with van der Waals surface area (Å²) in [6, 6.07) is 7.95. The summed E-state index contributed by atoms with van der Waals surface area (Å²) in [5.41, 5.74) is 2.04. The van der Waals surface area contributed by atoms with E-state index in [1.54, 1.807) is 6.08 Å². The van der Waals surface area contributed by atoms with Crippen LogP contribution in [0.3, 0.4) is 0 Å². The van der Waals surface area contributed by atoms with Crippen LogP contribution in [0.5, 0.6) is 0 Å². The zero-order valence-corrected chi connectivity index (χ0v) is 8.44. The molecule has 2 aliphatic carbocycles. The van der Waals surface area contributed by atoms with Gasteiger partial charge in [-0.05, 0) is 24.5 Å². The average Bonchev–Trinajstić information content (AvgIpc) is 2.74. The second-order valence-electron chi connectivity index (χ2n) is 4.22. The Morgan fingerprint density at radius 1 is 1.13 bits per heavy atom. The van der Waals surface area contributed by atoms with Crippen LogP contribution in [0, 0.1) is 0 Å². The predicted molar refractivity (Wildman–Crippen MR) is 60.0 cm³/mol. The first-order valence-corrected chi connectivity index (χ1v) is 5.33. The van der Waals surface area contributed by atoms with Gasteiger partial charge in [-0.3, -0.25) is 4.79 Å². The van der Waals surface area contributed by atoms with E-state index in [2.05, 4.69) is 24.3 Å². The summed E-state index contributed by atoms with van der Waals surface area (Å²) in [7, 11) is 0. The minimum absolute atomic E-state index is 0.00447. The third-order valence-electron chi connectivity index (χ3n) is 3.37. The number of benzene rings is 1. The van der Waals surface area contributed by atoms with Gasteiger partial charge in [0.05, 0.1) is 0 Å². The Kier molecular flexibility index (Phi) is 1.69. The van der Waals surface area contributed by atoms with Crippen LogP contribution >= 0.6 is 0 Å². The molecule has 1 aromatic rings. The van der Waals surface area contributed by atoms with E-state index in [1.165, 1.54) is 5.56 Å². The summed E-state index contributed by atoms with van der Waals surface area (Å²) in [6.45, 7) is 0. The summed E-state index contributed by atoms with van der Waals surface area (Å²) in [5, 5.41) is 0. The Labute approximate surface area is 89.1 Å². The highest BCUT2D eigenvalue weighted by Crippen LogP contribution is 2.41. The lowest BCUT2D eigenvalue weighted by atomic mass is 9.73. The van der Waals surface area contributed by atoms with Crippen LogP contribution in [0.1, 0.15) is 28.8 Å². The van der Waals surface area contributed by atoms with Crippen molar-refractivity contribution < 1.29 is 4.79 Å². The number of rotatable bonds is 0. The third-order valence-corrected chi connectivity index (χ3v) is 3.37. The lowest BCUT2D eigenvalue weighted by molar-refractivity contribution is 0.104. The minimum atomic E-state index is 0.00447. The Bertz CT molecular complexity index is 482. The van der Waals surface area contributed by atoms with Gasteiger partial charge < -0.3 is 0 Å². The molecule has 1 spiro atoms. The lowest BCUT2D eigenvalue weighted by Crippen LogP contribution is -2.25. The molecule has 0 aliphatic heterocycles. The summed E-state index contributed by atoms with van der Waals surface area (Å²) in [5.74, 6) is 0.136. The SMILES string of the molecule is O=C1C=CC2(C=CCC2)c2ccccc21. The Hall–Kier alpha value is -1.63. The van der Waals surface area contributed by atoms with Crippen molar-refractivity contribution in [2.45, 2.75) is 18.3 Å². The molecule has 3 rings (SSSR count). The third kappa shape index (κ3) is 1.13. The fourth-order valence-corrected chi connectivity index (χ4v) is 2.57. The van der Waals surface area contributed by atoms with E-state index >= 15 is 0 Å². The second kappa shape index (κ2) is 2.93. The molecule has 1 aromatic carbocycles. The molecule has 0 radical (unpaired) electrons. The van der Waals surface area contributed by atoms with E-state index in [0.717, 1.165) is 18.4 Å².